The van der Waals surface area contributed by atoms with Crippen LogP contribution in [0.3, 0.4) is 0 Å². The molecule has 142 valence electrons. The topological polar surface area (TPSA) is 37.3 Å². The first-order valence-corrected chi connectivity index (χ1v) is 10.6. The molecule has 1 N–H and O–H groups in total. The van der Waals surface area contributed by atoms with E-state index in [9.17, 15) is 4.79 Å². The molecule has 24 heavy (non-hydrogen) atoms. The number of hydrogen-bond donors (Lipinski definition) is 2. The first-order valence-electron chi connectivity index (χ1n) is 10.1. The van der Waals surface area contributed by atoms with Gasteiger partial charge in [-0.2, -0.15) is 12.6 Å². The molecule has 4 heteroatoms. The quantitative estimate of drug-likeness (QED) is 0.157. The largest absolute Gasteiger partial charge is 2.00 e. The molecule has 0 spiro atoms. The van der Waals surface area contributed by atoms with Crippen LogP contribution in [0, 0.1) is 0 Å². The molecule has 0 aromatic rings. The van der Waals surface area contributed by atoms with Gasteiger partial charge in [0.05, 0.1) is 5.25 Å². The average molecular weight is 371 g/mol. The van der Waals surface area contributed by atoms with E-state index in [-0.39, 0.29) is 25.9 Å². The summed E-state index contributed by atoms with van der Waals surface area (Å²) in [5, 5.41) is 8.26. The van der Waals surface area contributed by atoms with Crippen LogP contribution in [-0.2, 0) is 4.79 Å². The van der Waals surface area contributed by atoms with Gasteiger partial charge in [0.15, 0.2) is 0 Å². The van der Waals surface area contributed by atoms with E-state index in [1.54, 1.807) is 0 Å². The Bertz CT molecular complexity index is 272. The Balaban J connectivity index is -0.000000807. The molecule has 0 amide bonds. The third kappa shape index (κ3) is 20.6. The summed E-state index contributed by atoms with van der Waals surface area (Å²) in [6, 6.07) is 0. The number of carbonyl (C=O) groups is 1. The Morgan fingerprint density at radius 1 is 0.750 bits per heavy atom. The first-order chi connectivity index (χ1) is 11.2. The van der Waals surface area contributed by atoms with E-state index < -0.39 is 11.2 Å². The molecule has 0 aliphatic heterocycles. The van der Waals surface area contributed by atoms with Crippen molar-refractivity contribution >= 4 is 41.7 Å². The van der Waals surface area contributed by atoms with E-state index in [2.05, 4.69) is 19.6 Å². The van der Waals surface area contributed by atoms with E-state index in [1.807, 2.05) is 0 Å². The van der Waals surface area contributed by atoms with Crippen molar-refractivity contribution in [2.24, 2.45) is 0 Å². The van der Waals surface area contributed by atoms with E-state index in [0.717, 1.165) is 12.8 Å². The summed E-state index contributed by atoms with van der Waals surface area (Å²) in [6.45, 7) is 2.27. The minimum absolute atomic E-state index is 0. The molecule has 0 aromatic carbocycles. The second-order valence-electron chi connectivity index (χ2n) is 6.95. The van der Waals surface area contributed by atoms with Crippen molar-refractivity contribution in [3.63, 3.8) is 0 Å². The standard InChI is InChI=1S/C20H40O2S.Mg.2H/c1-2-3-4-5-6-7-8-9-10-11-12-13-14-15-16-17-18-19(23)20(21)22;;;/h19,23H,2-18H2,1H3,(H,21,22);;;/q;+2;2*-1. The van der Waals surface area contributed by atoms with Crippen LogP contribution in [0.15, 0.2) is 0 Å². The van der Waals surface area contributed by atoms with Crippen LogP contribution in [0.4, 0.5) is 0 Å². The monoisotopic (exact) mass is 370 g/mol. The van der Waals surface area contributed by atoms with E-state index in [0.29, 0.717) is 6.42 Å². The number of thiol groups is 1. The molecule has 0 aliphatic rings. The second kappa shape index (κ2) is 21.6. The van der Waals surface area contributed by atoms with E-state index in [1.165, 1.54) is 89.9 Å². The summed E-state index contributed by atoms with van der Waals surface area (Å²) in [6.07, 6.45) is 22.3. The number of carboxylic acids is 1. The van der Waals surface area contributed by atoms with Gasteiger partial charge in [-0.15, -0.1) is 0 Å². The fraction of sp³-hybridized carbons (Fsp3) is 0.950. The van der Waals surface area contributed by atoms with Gasteiger partial charge in [0, 0.05) is 0 Å². The fourth-order valence-corrected chi connectivity index (χ4v) is 3.19. The maximum Gasteiger partial charge on any atom is 2.00 e. The summed E-state index contributed by atoms with van der Waals surface area (Å²) < 4.78 is 0. The van der Waals surface area contributed by atoms with Gasteiger partial charge in [-0.25, -0.2) is 0 Å². The zero-order chi connectivity index (χ0) is 17.2. The zero-order valence-corrected chi connectivity index (χ0v) is 18.4. The molecule has 0 fully saturated rings. The van der Waals surface area contributed by atoms with Crippen molar-refractivity contribution in [3.05, 3.63) is 0 Å². The van der Waals surface area contributed by atoms with Gasteiger partial charge in [-0.3, -0.25) is 4.79 Å². The summed E-state index contributed by atoms with van der Waals surface area (Å²) >= 11 is 4.05. The molecule has 0 bridgehead atoms. The molecule has 1 atom stereocenters. The molecular formula is C20H42MgO2S. The van der Waals surface area contributed by atoms with Crippen LogP contribution in [0.5, 0.6) is 0 Å². The van der Waals surface area contributed by atoms with Crippen LogP contribution in [0.2, 0.25) is 0 Å². The van der Waals surface area contributed by atoms with Crippen LogP contribution in [0.25, 0.3) is 0 Å². The molecule has 0 heterocycles. The number of aliphatic carboxylic acids is 1. The summed E-state index contributed by atoms with van der Waals surface area (Å²) in [4.78, 5) is 10.6. The molecule has 0 rings (SSSR count). The summed E-state index contributed by atoms with van der Waals surface area (Å²) in [5.41, 5.74) is 0. The maximum atomic E-state index is 10.6. The van der Waals surface area contributed by atoms with Crippen LogP contribution in [-0.4, -0.2) is 39.4 Å². The van der Waals surface area contributed by atoms with Gasteiger partial charge in [-0.1, -0.05) is 110 Å². The SMILES string of the molecule is CCCCCCCCCCCCCCCCCCC(S)C(=O)O.[H-].[H-].[Mg+2]. The van der Waals surface area contributed by atoms with Crippen molar-refractivity contribution in [2.45, 2.75) is 121 Å². The minimum Gasteiger partial charge on any atom is -1.00 e. The molecule has 0 aliphatic carbocycles. The number of hydrogen-bond acceptors (Lipinski definition) is 2. The Hall–Kier alpha value is 0.586. The van der Waals surface area contributed by atoms with Gasteiger partial charge in [-0.05, 0) is 6.42 Å². The molecule has 2 nitrogen and oxygen atoms in total. The maximum absolute atomic E-state index is 10.6. The first kappa shape index (κ1) is 26.8. The second-order valence-corrected chi connectivity index (χ2v) is 7.57. The Labute approximate surface area is 175 Å². The smallest absolute Gasteiger partial charge is 1.00 e. The predicted octanol–water partition coefficient (Wildman–Crippen LogP) is 6.87. The Morgan fingerprint density at radius 2 is 1.04 bits per heavy atom. The van der Waals surface area contributed by atoms with Crippen LogP contribution in [0.1, 0.15) is 119 Å². The molecule has 0 radical (unpaired) electrons. The Morgan fingerprint density at radius 3 is 1.33 bits per heavy atom. The van der Waals surface area contributed by atoms with Crippen molar-refractivity contribution in [1.29, 1.82) is 0 Å². The van der Waals surface area contributed by atoms with Gasteiger partial charge < -0.3 is 7.96 Å². The molecule has 0 saturated heterocycles. The van der Waals surface area contributed by atoms with Crippen molar-refractivity contribution in [3.8, 4) is 0 Å². The van der Waals surface area contributed by atoms with Gasteiger partial charge in [0.25, 0.3) is 0 Å². The Kier molecular flexibility index (Phi) is 24.2. The number of carboxylic acid groups (broad SMARTS) is 1. The van der Waals surface area contributed by atoms with Crippen molar-refractivity contribution < 1.29 is 12.8 Å². The van der Waals surface area contributed by atoms with Crippen LogP contribution >= 0.6 is 12.6 Å². The molecule has 1 unspecified atom stereocenters. The van der Waals surface area contributed by atoms with Gasteiger partial charge in [0.2, 0.25) is 0 Å². The third-order valence-corrected chi connectivity index (χ3v) is 5.10. The van der Waals surface area contributed by atoms with E-state index >= 15 is 0 Å². The van der Waals surface area contributed by atoms with E-state index in [4.69, 9.17) is 5.11 Å². The normalized spacial score (nSPS) is 11.9. The fourth-order valence-electron chi connectivity index (χ4n) is 3.01. The van der Waals surface area contributed by atoms with Crippen LogP contribution < -0.4 is 0 Å². The van der Waals surface area contributed by atoms with Gasteiger partial charge >= 0.3 is 29.0 Å². The number of unbranched alkanes of at least 4 members (excludes halogenated alkanes) is 15. The van der Waals surface area contributed by atoms with Gasteiger partial charge in [0.1, 0.15) is 0 Å². The molecular weight excluding hydrogens is 329 g/mol. The summed E-state index contributed by atoms with van der Waals surface area (Å²) in [7, 11) is 0. The third-order valence-electron chi connectivity index (χ3n) is 4.62. The average Bonchev–Trinajstić information content (AvgIpc) is 2.54. The number of rotatable bonds is 18. The summed E-state index contributed by atoms with van der Waals surface area (Å²) in [5.74, 6) is -0.783. The van der Waals surface area contributed by atoms with Crippen molar-refractivity contribution in [2.75, 3.05) is 0 Å². The minimum atomic E-state index is -0.783. The molecule has 0 saturated carbocycles. The predicted molar refractivity (Wildman–Crippen MR) is 113 cm³/mol. The van der Waals surface area contributed by atoms with Crippen molar-refractivity contribution in [1.82, 2.24) is 0 Å². The molecule has 0 aromatic heterocycles. The zero-order valence-electron chi connectivity index (χ0n) is 18.1.